The number of carbonyl (C=O) groups excluding carboxylic acids is 1. The molecule has 2 aromatic carbocycles. The topological polar surface area (TPSA) is 68.5 Å². The number of rotatable bonds is 8. The van der Waals surface area contributed by atoms with Crippen LogP contribution in [-0.2, 0) is 22.5 Å². The number of hydrogen-bond donors (Lipinski definition) is 0. The molecule has 0 N–H and O–H groups in total. The fourth-order valence-corrected chi connectivity index (χ4v) is 2.94. The highest BCUT2D eigenvalue weighted by Gasteiger charge is 2.20. The second-order valence-electron chi connectivity index (χ2n) is 6.80. The van der Waals surface area contributed by atoms with Crippen LogP contribution >= 0.6 is 0 Å². The molecule has 6 heteroatoms. The first-order valence-electron chi connectivity index (χ1n) is 9.26. The van der Waals surface area contributed by atoms with E-state index >= 15 is 0 Å². The maximum absolute atomic E-state index is 12.4. The van der Waals surface area contributed by atoms with Crippen LogP contribution in [-0.4, -0.2) is 35.2 Å². The van der Waals surface area contributed by atoms with Crippen molar-refractivity contribution in [1.82, 2.24) is 15.1 Å². The van der Waals surface area contributed by atoms with E-state index in [0.29, 0.717) is 31.2 Å². The normalized spacial score (nSPS) is 12.0. The van der Waals surface area contributed by atoms with Gasteiger partial charge in [0, 0.05) is 33.5 Å². The Bertz CT molecular complexity index is 891. The summed E-state index contributed by atoms with van der Waals surface area (Å²) in [4.78, 5) is 14.1. The molecule has 0 radical (unpaired) electrons. The van der Waals surface area contributed by atoms with Gasteiger partial charge in [-0.15, -0.1) is 10.2 Å². The Labute approximate surface area is 165 Å². The zero-order valence-electron chi connectivity index (χ0n) is 16.5. The first kappa shape index (κ1) is 19.8. The van der Waals surface area contributed by atoms with Crippen LogP contribution in [0.4, 0.5) is 0 Å². The number of carbonyl (C=O) groups is 1. The van der Waals surface area contributed by atoms with Gasteiger partial charge in [0.25, 0.3) is 0 Å². The van der Waals surface area contributed by atoms with Gasteiger partial charge in [0.15, 0.2) is 6.10 Å². The molecule has 28 heavy (non-hydrogen) atoms. The molecule has 1 unspecified atom stereocenters. The van der Waals surface area contributed by atoms with Crippen LogP contribution < -0.4 is 0 Å². The van der Waals surface area contributed by atoms with Crippen molar-refractivity contribution in [3.8, 4) is 0 Å². The lowest BCUT2D eigenvalue weighted by molar-refractivity contribution is -0.130. The molecule has 0 aliphatic carbocycles. The van der Waals surface area contributed by atoms with E-state index in [9.17, 15) is 4.79 Å². The maximum atomic E-state index is 12.4. The number of aryl methyl sites for hydroxylation is 2. The van der Waals surface area contributed by atoms with Gasteiger partial charge in [-0.2, -0.15) is 0 Å². The highest BCUT2D eigenvalue weighted by atomic mass is 16.5. The smallest absolute Gasteiger partial charge is 0.249 e. The molecule has 0 aliphatic heterocycles. The van der Waals surface area contributed by atoms with E-state index in [1.165, 1.54) is 5.56 Å². The van der Waals surface area contributed by atoms with Crippen LogP contribution in [0.25, 0.3) is 0 Å². The van der Waals surface area contributed by atoms with Gasteiger partial charge < -0.3 is 14.1 Å². The lowest BCUT2D eigenvalue weighted by atomic mass is 10.1. The summed E-state index contributed by atoms with van der Waals surface area (Å²) < 4.78 is 11.2. The lowest BCUT2D eigenvalue weighted by Gasteiger charge is -2.17. The van der Waals surface area contributed by atoms with E-state index in [4.69, 9.17) is 9.15 Å². The van der Waals surface area contributed by atoms with Crippen molar-refractivity contribution >= 4 is 5.91 Å². The Hall–Kier alpha value is -2.99. The van der Waals surface area contributed by atoms with Crippen molar-refractivity contribution in [3.63, 3.8) is 0 Å². The molecular weight excluding hydrogens is 354 g/mol. The van der Waals surface area contributed by atoms with Gasteiger partial charge in [0.05, 0.1) is 0 Å². The van der Waals surface area contributed by atoms with Crippen molar-refractivity contribution in [2.45, 2.75) is 32.4 Å². The fraction of sp³-hybridized carbons (Fsp3) is 0.318. The first-order chi connectivity index (χ1) is 13.6. The number of methoxy groups -OCH3 is 1. The van der Waals surface area contributed by atoms with E-state index in [0.717, 1.165) is 11.1 Å². The van der Waals surface area contributed by atoms with Crippen molar-refractivity contribution < 1.29 is 13.9 Å². The van der Waals surface area contributed by atoms with Crippen molar-refractivity contribution in [2.24, 2.45) is 0 Å². The summed E-state index contributed by atoms with van der Waals surface area (Å²) >= 11 is 0. The lowest BCUT2D eigenvalue weighted by Crippen LogP contribution is -2.26. The van der Waals surface area contributed by atoms with E-state index in [2.05, 4.69) is 10.2 Å². The average molecular weight is 379 g/mol. The number of ether oxygens (including phenoxy) is 1. The molecule has 1 aromatic heterocycles. The zero-order valence-corrected chi connectivity index (χ0v) is 16.5. The molecule has 0 spiro atoms. The van der Waals surface area contributed by atoms with Gasteiger partial charge in [0.2, 0.25) is 17.7 Å². The second kappa shape index (κ2) is 9.28. The number of benzene rings is 2. The summed E-state index contributed by atoms with van der Waals surface area (Å²) in [5.74, 6) is 0.862. The number of amides is 1. The Balaban J connectivity index is 1.56. The van der Waals surface area contributed by atoms with Gasteiger partial charge >= 0.3 is 0 Å². The van der Waals surface area contributed by atoms with Crippen LogP contribution in [0, 0.1) is 6.92 Å². The van der Waals surface area contributed by atoms with Crippen LogP contribution in [0.2, 0.25) is 0 Å². The summed E-state index contributed by atoms with van der Waals surface area (Å²) in [6.07, 6.45) is 0.296. The first-order valence-corrected chi connectivity index (χ1v) is 9.26. The Morgan fingerprint density at radius 3 is 2.50 bits per heavy atom. The SMILES string of the molecule is COC(c1ccccc1)c1nnc(CCC(=O)N(C)Cc2ccc(C)cc2)o1. The van der Waals surface area contributed by atoms with Crippen LogP contribution in [0.1, 0.15) is 41.0 Å². The van der Waals surface area contributed by atoms with Gasteiger partial charge in [-0.05, 0) is 18.1 Å². The molecule has 0 aliphatic rings. The van der Waals surface area contributed by atoms with E-state index in [1.807, 2.05) is 61.5 Å². The van der Waals surface area contributed by atoms with Crippen molar-refractivity contribution in [2.75, 3.05) is 14.2 Å². The molecule has 6 nitrogen and oxygen atoms in total. The average Bonchev–Trinajstić information content (AvgIpc) is 3.18. The standard InChI is InChI=1S/C22H25N3O3/c1-16-9-11-17(12-10-16)15-25(2)20(26)14-13-19-23-24-22(28-19)21(27-3)18-7-5-4-6-8-18/h4-12,21H,13-15H2,1-3H3. The largest absolute Gasteiger partial charge is 0.422 e. The van der Waals surface area contributed by atoms with E-state index < -0.39 is 6.10 Å². The summed E-state index contributed by atoms with van der Waals surface area (Å²) in [6, 6.07) is 17.9. The minimum Gasteiger partial charge on any atom is -0.422 e. The van der Waals surface area contributed by atoms with Gasteiger partial charge in [-0.25, -0.2) is 0 Å². The van der Waals surface area contributed by atoms with Gasteiger partial charge in [0.1, 0.15) is 0 Å². The molecule has 0 bridgehead atoms. The number of nitrogens with zero attached hydrogens (tertiary/aromatic N) is 3. The quantitative estimate of drug-likeness (QED) is 0.597. The molecule has 1 heterocycles. The summed E-state index contributed by atoms with van der Waals surface area (Å²) in [7, 11) is 3.41. The van der Waals surface area contributed by atoms with Crippen LogP contribution in [0.3, 0.4) is 0 Å². The Kier molecular flexibility index (Phi) is 6.55. The third-order valence-electron chi connectivity index (χ3n) is 4.56. The Morgan fingerprint density at radius 2 is 1.82 bits per heavy atom. The summed E-state index contributed by atoms with van der Waals surface area (Å²) in [5, 5.41) is 8.16. The van der Waals surface area contributed by atoms with Gasteiger partial charge in [-0.1, -0.05) is 60.2 Å². The third kappa shape index (κ3) is 5.04. The number of aromatic nitrogens is 2. The fourth-order valence-electron chi connectivity index (χ4n) is 2.94. The molecule has 0 saturated carbocycles. The monoisotopic (exact) mass is 379 g/mol. The highest BCUT2D eigenvalue weighted by Crippen LogP contribution is 2.24. The van der Waals surface area contributed by atoms with Gasteiger partial charge in [-0.3, -0.25) is 4.79 Å². The second-order valence-corrected chi connectivity index (χ2v) is 6.80. The zero-order chi connectivity index (χ0) is 19.9. The van der Waals surface area contributed by atoms with Crippen molar-refractivity contribution in [1.29, 1.82) is 0 Å². The molecule has 0 fully saturated rings. The summed E-state index contributed by atoms with van der Waals surface area (Å²) in [5.41, 5.74) is 3.25. The Morgan fingerprint density at radius 1 is 1.11 bits per heavy atom. The molecule has 1 amide bonds. The van der Waals surface area contributed by atoms with Crippen molar-refractivity contribution in [3.05, 3.63) is 83.1 Å². The van der Waals surface area contributed by atoms with Crippen LogP contribution in [0.15, 0.2) is 59.0 Å². The third-order valence-corrected chi connectivity index (χ3v) is 4.56. The van der Waals surface area contributed by atoms with Crippen LogP contribution in [0.5, 0.6) is 0 Å². The molecule has 3 aromatic rings. The molecule has 3 rings (SSSR count). The molecule has 0 saturated heterocycles. The molecule has 1 atom stereocenters. The minimum atomic E-state index is -0.414. The van der Waals surface area contributed by atoms with E-state index in [-0.39, 0.29) is 5.91 Å². The highest BCUT2D eigenvalue weighted by molar-refractivity contribution is 5.76. The molecule has 146 valence electrons. The summed E-state index contributed by atoms with van der Waals surface area (Å²) in [6.45, 7) is 2.62. The van der Waals surface area contributed by atoms with E-state index in [1.54, 1.807) is 19.1 Å². The predicted octanol–water partition coefficient (Wildman–Crippen LogP) is 3.71. The predicted molar refractivity (Wildman–Crippen MR) is 106 cm³/mol. The minimum absolute atomic E-state index is 0.0340. The number of hydrogen-bond acceptors (Lipinski definition) is 5. The maximum Gasteiger partial charge on any atom is 0.249 e. The molecular formula is C22H25N3O3.